The first-order chi connectivity index (χ1) is 22.9. The highest BCUT2D eigenvalue weighted by Gasteiger charge is 2.36. The van der Waals surface area contributed by atoms with E-state index in [1.807, 2.05) is 72.8 Å². The van der Waals surface area contributed by atoms with Crippen LogP contribution in [0.1, 0.15) is 75.3 Å². The minimum Gasteiger partial charge on any atom is -0.463 e. The number of esters is 1. The molecular weight excluding hydrogens is 598 g/mol. The molecule has 1 fully saturated rings. The zero-order valence-electron chi connectivity index (χ0n) is 27.2. The summed E-state index contributed by atoms with van der Waals surface area (Å²) in [5, 5.41) is 18.8. The van der Waals surface area contributed by atoms with Gasteiger partial charge in [-0.25, -0.2) is 4.79 Å². The molecule has 1 aliphatic heterocycles. The summed E-state index contributed by atoms with van der Waals surface area (Å²) >= 11 is 0. The molecule has 2 aliphatic rings. The Balaban J connectivity index is 1.35. The lowest BCUT2D eigenvalue weighted by Crippen LogP contribution is -2.50. The molecule has 2 aromatic rings. The predicted octanol–water partition coefficient (Wildman–Crippen LogP) is 4.75. The Hall–Kier alpha value is -4.18. The summed E-state index contributed by atoms with van der Waals surface area (Å²) in [6.45, 7) is 0.476. The van der Waals surface area contributed by atoms with Gasteiger partial charge in [0.05, 0.1) is 30.0 Å². The molecule has 0 spiro atoms. The minimum absolute atomic E-state index is 0.00706. The summed E-state index contributed by atoms with van der Waals surface area (Å²) in [6, 6.07) is 18.8. The molecule has 1 heterocycles. The number of hydrogen-bond donors (Lipinski definition) is 4. The van der Waals surface area contributed by atoms with Gasteiger partial charge in [0.15, 0.2) is 0 Å². The number of cyclic esters (lactones) is 1. The Kier molecular flexibility index (Phi) is 14.3. The molecule has 10 heteroatoms. The van der Waals surface area contributed by atoms with Crippen LogP contribution in [0.5, 0.6) is 0 Å². The Morgan fingerprint density at radius 3 is 2.26 bits per heavy atom. The number of carbonyl (C=O) groups excluding carboxylic acids is 4. The van der Waals surface area contributed by atoms with E-state index in [0.29, 0.717) is 45.1 Å². The molecule has 1 aliphatic carbocycles. The Bertz CT molecular complexity index is 1310. The molecule has 0 aromatic heterocycles. The maximum absolute atomic E-state index is 13.5. The SMILES string of the molecule is O=C(C[C@H]1CC=CC[C@@H](Cc2ccccc2)C(=O)OC[C@H](CCCCNC(=O)OCc2ccccc2)NC1=O)NC1(CO)CCCC1. The number of unbranched alkanes of at least 4 members (excludes halogenated alkanes) is 1. The molecule has 0 unspecified atom stereocenters. The third-order valence-corrected chi connectivity index (χ3v) is 8.97. The zero-order valence-corrected chi connectivity index (χ0v) is 27.2. The van der Waals surface area contributed by atoms with Gasteiger partial charge in [0.2, 0.25) is 11.8 Å². The molecule has 0 bridgehead atoms. The van der Waals surface area contributed by atoms with E-state index >= 15 is 0 Å². The summed E-state index contributed by atoms with van der Waals surface area (Å²) in [4.78, 5) is 52.0. The molecule has 0 saturated heterocycles. The Labute approximate surface area is 277 Å². The largest absolute Gasteiger partial charge is 0.463 e. The minimum atomic E-state index is -0.616. The molecule has 10 nitrogen and oxygen atoms in total. The monoisotopic (exact) mass is 647 g/mol. The molecule has 2 aromatic carbocycles. The molecule has 47 heavy (non-hydrogen) atoms. The number of ether oxygens (including phenoxy) is 2. The van der Waals surface area contributed by atoms with Crippen LogP contribution in [-0.4, -0.2) is 60.3 Å². The predicted molar refractivity (Wildman–Crippen MR) is 178 cm³/mol. The van der Waals surface area contributed by atoms with Crippen LogP contribution in [0.4, 0.5) is 4.79 Å². The van der Waals surface area contributed by atoms with Crippen molar-refractivity contribution in [2.75, 3.05) is 19.8 Å². The number of alkyl carbamates (subject to hydrolysis) is 1. The number of aliphatic hydroxyl groups is 1. The van der Waals surface area contributed by atoms with E-state index in [-0.39, 0.29) is 49.9 Å². The first-order valence-corrected chi connectivity index (χ1v) is 16.9. The van der Waals surface area contributed by atoms with Gasteiger partial charge in [0.1, 0.15) is 13.2 Å². The summed E-state index contributed by atoms with van der Waals surface area (Å²) in [5.41, 5.74) is 1.33. The van der Waals surface area contributed by atoms with E-state index in [1.165, 1.54) is 0 Å². The number of rotatable bonds is 13. The second-order valence-corrected chi connectivity index (χ2v) is 12.7. The van der Waals surface area contributed by atoms with Gasteiger partial charge in [-0.1, -0.05) is 85.7 Å². The lowest BCUT2D eigenvalue weighted by atomic mass is 9.93. The molecule has 4 rings (SSSR count). The highest BCUT2D eigenvalue weighted by atomic mass is 16.5. The second-order valence-electron chi connectivity index (χ2n) is 12.7. The second kappa shape index (κ2) is 18.8. The van der Waals surface area contributed by atoms with Crippen molar-refractivity contribution in [2.45, 2.75) is 88.8 Å². The average molecular weight is 648 g/mol. The normalized spacial score (nSPS) is 21.4. The van der Waals surface area contributed by atoms with Crippen LogP contribution in [0.3, 0.4) is 0 Å². The molecule has 3 amide bonds. The van der Waals surface area contributed by atoms with Gasteiger partial charge >= 0.3 is 12.1 Å². The first kappa shape index (κ1) is 35.7. The van der Waals surface area contributed by atoms with E-state index in [1.54, 1.807) is 0 Å². The van der Waals surface area contributed by atoms with Gasteiger partial charge in [-0.3, -0.25) is 14.4 Å². The molecule has 254 valence electrons. The smallest absolute Gasteiger partial charge is 0.407 e. The standard InChI is InChI=1S/C37H49N3O7/c41-27-37(20-10-11-21-37)40-33(42)24-30-17-7-8-18-31(23-28-13-3-1-4-14-28)35(44)46-26-32(39-34(30)43)19-9-12-22-38-36(45)47-25-29-15-5-2-6-16-29/h1-8,13-16,30-32,41H,9-12,17-27H2,(H,38,45)(H,39,43)(H,40,42)/t30-,31+,32+/m1/s1. The van der Waals surface area contributed by atoms with E-state index in [0.717, 1.165) is 36.8 Å². The number of aliphatic hydroxyl groups excluding tert-OH is 1. The third kappa shape index (κ3) is 12.2. The van der Waals surface area contributed by atoms with Crippen molar-refractivity contribution in [1.82, 2.24) is 16.0 Å². The number of benzene rings is 2. The van der Waals surface area contributed by atoms with Gasteiger partial charge < -0.3 is 30.5 Å². The number of carbonyl (C=O) groups is 4. The van der Waals surface area contributed by atoms with Crippen LogP contribution < -0.4 is 16.0 Å². The Morgan fingerprint density at radius 1 is 0.915 bits per heavy atom. The van der Waals surface area contributed by atoms with E-state index < -0.39 is 23.6 Å². The summed E-state index contributed by atoms with van der Waals surface area (Å²) in [7, 11) is 0. The Morgan fingerprint density at radius 2 is 1.57 bits per heavy atom. The molecule has 4 N–H and O–H groups in total. The van der Waals surface area contributed by atoms with Crippen LogP contribution in [0.15, 0.2) is 72.8 Å². The topological polar surface area (TPSA) is 143 Å². The average Bonchev–Trinajstić information content (AvgIpc) is 3.55. The van der Waals surface area contributed by atoms with Crippen molar-refractivity contribution in [3.05, 3.63) is 83.9 Å². The lowest BCUT2D eigenvalue weighted by Gasteiger charge is -2.29. The first-order valence-electron chi connectivity index (χ1n) is 16.9. The van der Waals surface area contributed by atoms with E-state index in [4.69, 9.17) is 9.47 Å². The number of amides is 3. The third-order valence-electron chi connectivity index (χ3n) is 8.97. The number of nitrogens with one attached hydrogen (secondary N) is 3. The maximum Gasteiger partial charge on any atom is 0.407 e. The highest BCUT2D eigenvalue weighted by Crippen LogP contribution is 2.29. The van der Waals surface area contributed by atoms with Gasteiger partial charge in [-0.05, 0) is 62.5 Å². The van der Waals surface area contributed by atoms with Crippen molar-refractivity contribution >= 4 is 23.9 Å². The summed E-state index contributed by atoms with van der Waals surface area (Å²) in [5.74, 6) is -1.85. The van der Waals surface area contributed by atoms with Crippen LogP contribution in [-0.2, 0) is 36.9 Å². The van der Waals surface area contributed by atoms with Gasteiger partial charge in [-0.2, -0.15) is 0 Å². The van der Waals surface area contributed by atoms with Crippen LogP contribution in [0.2, 0.25) is 0 Å². The molecule has 0 radical (unpaired) electrons. The van der Waals surface area contributed by atoms with Crippen LogP contribution in [0.25, 0.3) is 0 Å². The quantitative estimate of drug-likeness (QED) is 0.140. The van der Waals surface area contributed by atoms with Crippen LogP contribution in [0, 0.1) is 11.8 Å². The fourth-order valence-corrected chi connectivity index (χ4v) is 6.21. The lowest BCUT2D eigenvalue weighted by molar-refractivity contribution is -0.150. The fraction of sp³-hybridized carbons (Fsp3) is 0.514. The van der Waals surface area contributed by atoms with E-state index in [9.17, 15) is 24.3 Å². The van der Waals surface area contributed by atoms with Crippen molar-refractivity contribution < 1.29 is 33.8 Å². The van der Waals surface area contributed by atoms with Crippen LogP contribution >= 0.6 is 0 Å². The zero-order chi connectivity index (χ0) is 33.3. The van der Waals surface area contributed by atoms with Crippen molar-refractivity contribution in [3.63, 3.8) is 0 Å². The summed E-state index contributed by atoms with van der Waals surface area (Å²) < 4.78 is 11.0. The van der Waals surface area contributed by atoms with Crippen molar-refractivity contribution in [2.24, 2.45) is 11.8 Å². The highest BCUT2D eigenvalue weighted by molar-refractivity contribution is 5.86. The maximum atomic E-state index is 13.5. The van der Waals surface area contributed by atoms with Gasteiger partial charge in [0, 0.05) is 13.0 Å². The fourth-order valence-electron chi connectivity index (χ4n) is 6.21. The molecule has 1 saturated carbocycles. The van der Waals surface area contributed by atoms with Crippen molar-refractivity contribution in [1.29, 1.82) is 0 Å². The number of allylic oxidation sites excluding steroid dienone is 2. The summed E-state index contributed by atoms with van der Waals surface area (Å²) in [6.07, 6.45) is 9.75. The van der Waals surface area contributed by atoms with Gasteiger partial charge in [-0.15, -0.1) is 0 Å². The molecular formula is C37H49N3O7. The van der Waals surface area contributed by atoms with Gasteiger partial charge in [0.25, 0.3) is 0 Å². The molecule has 3 atom stereocenters. The van der Waals surface area contributed by atoms with E-state index in [2.05, 4.69) is 16.0 Å². The van der Waals surface area contributed by atoms with Crippen molar-refractivity contribution in [3.8, 4) is 0 Å². The number of hydrogen-bond acceptors (Lipinski definition) is 7.